The van der Waals surface area contributed by atoms with Gasteiger partial charge in [-0.1, -0.05) is 6.58 Å². The van der Waals surface area contributed by atoms with E-state index in [1.54, 1.807) is 0 Å². The lowest BCUT2D eigenvalue weighted by molar-refractivity contribution is -0.133. The minimum absolute atomic E-state index is 0.137. The fourth-order valence-corrected chi connectivity index (χ4v) is 0.930. The van der Waals surface area contributed by atoms with Crippen LogP contribution in [0.3, 0.4) is 0 Å². The maximum absolute atomic E-state index is 10.6. The number of rotatable bonds is 2. The molecule has 0 spiro atoms. The summed E-state index contributed by atoms with van der Waals surface area (Å²) in [5.41, 5.74) is -0.244. The van der Waals surface area contributed by atoms with E-state index in [2.05, 4.69) is 11.6 Å². The molecule has 1 aliphatic heterocycles. The Hall–Kier alpha value is -1.91. The van der Waals surface area contributed by atoms with Gasteiger partial charge in [-0.05, 0) is 11.6 Å². The summed E-state index contributed by atoms with van der Waals surface area (Å²) in [7, 11) is 0. The highest BCUT2D eigenvalue weighted by Gasteiger charge is 2.23. The second kappa shape index (κ2) is 3.22. The first-order chi connectivity index (χ1) is 6.02. The van der Waals surface area contributed by atoms with Gasteiger partial charge in [-0.3, -0.25) is 4.99 Å². The predicted molar refractivity (Wildman–Crippen MR) is 44.8 cm³/mol. The Morgan fingerprint density at radius 3 is 2.46 bits per heavy atom. The highest BCUT2D eigenvalue weighted by molar-refractivity contribution is 6.48. The third-order valence-electron chi connectivity index (χ3n) is 1.48. The van der Waals surface area contributed by atoms with Crippen LogP contribution in [0.2, 0.25) is 0 Å². The molecule has 2 N–H and O–H groups in total. The van der Waals surface area contributed by atoms with Crippen LogP contribution in [0.25, 0.3) is 0 Å². The van der Waals surface area contributed by atoms with Crippen molar-refractivity contribution in [1.82, 2.24) is 0 Å². The molecule has 0 aliphatic carbocycles. The van der Waals surface area contributed by atoms with E-state index < -0.39 is 17.7 Å². The molecule has 0 radical (unpaired) electrons. The van der Waals surface area contributed by atoms with Crippen molar-refractivity contribution in [3.63, 3.8) is 0 Å². The van der Waals surface area contributed by atoms with Gasteiger partial charge in [0.05, 0.1) is 12.1 Å². The van der Waals surface area contributed by atoms with Crippen LogP contribution in [0, 0.1) is 0 Å². The van der Waals surface area contributed by atoms with E-state index in [9.17, 15) is 9.59 Å². The Balaban J connectivity index is 3.11. The summed E-state index contributed by atoms with van der Waals surface area (Å²) in [5, 5.41) is 17.2. The summed E-state index contributed by atoms with van der Waals surface area (Å²) in [4.78, 5) is 24.7. The van der Waals surface area contributed by atoms with Gasteiger partial charge in [0, 0.05) is 0 Å². The van der Waals surface area contributed by atoms with Gasteiger partial charge in [0.1, 0.15) is 0 Å². The molecular formula is C8H7NO4. The standard InChI is InChI=1S/C8H7NO4/c1-4-2-5(7(10)11)6(8(12)13)9-3-4/h2H,1,3H2,(H,10,11)(H,12,13). The lowest BCUT2D eigenvalue weighted by Gasteiger charge is -2.08. The molecule has 0 saturated carbocycles. The molecular weight excluding hydrogens is 174 g/mol. The predicted octanol–water partition coefficient (Wildman–Crippen LogP) is 0.0928. The van der Waals surface area contributed by atoms with Crippen molar-refractivity contribution in [2.45, 2.75) is 0 Å². The molecule has 0 amide bonds. The smallest absolute Gasteiger partial charge is 0.354 e. The summed E-state index contributed by atoms with van der Waals surface area (Å²) < 4.78 is 0. The van der Waals surface area contributed by atoms with Crippen molar-refractivity contribution < 1.29 is 19.8 Å². The normalized spacial score (nSPS) is 16.2. The van der Waals surface area contributed by atoms with Crippen molar-refractivity contribution >= 4 is 17.7 Å². The lowest BCUT2D eigenvalue weighted by Crippen LogP contribution is -2.24. The zero-order chi connectivity index (χ0) is 10.0. The molecule has 0 bridgehead atoms. The Morgan fingerprint density at radius 2 is 2.00 bits per heavy atom. The minimum atomic E-state index is -1.33. The first-order valence-electron chi connectivity index (χ1n) is 3.43. The number of dihydropyridines is 1. The molecule has 0 fully saturated rings. The Labute approximate surface area is 73.7 Å². The summed E-state index contributed by atoms with van der Waals surface area (Å²) in [5.74, 6) is -2.64. The summed E-state index contributed by atoms with van der Waals surface area (Å²) in [6.45, 7) is 3.64. The van der Waals surface area contributed by atoms with E-state index in [0.717, 1.165) is 0 Å². The lowest BCUT2D eigenvalue weighted by atomic mass is 10.0. The van der Waals surface area contributed by atoms with E-state index in [-0.39, 0.29) is 12.1 Å². The van der Waals surface area contributed by atoms with Crippen LogP contribution in [-0.4, -0.2) is 34.4 Å². The summed E-state index contributed by atoms with van der Waals surface area (Å²) >= 11 is 0. The molecule has 1 heterocycles. The molecule has 1 rings (SSSR count). The molecule has 0 aromatic rings. The average molecular weight is 181 g/mol. The first-order valence-corrected chi connectivity index (χ1v) is 3.43. The molecule has 0 saturated heterocycles. The Bertz CT molecular complexity index is 351. The van der Waals surface area contributed by atoms with Gasteiger partial charge in [0.2, 0.25) is 0 Å². The van der Waals surface area contributed by atoms with Crippen molar-refractivity contribution in [3.8, 4) is 0 Å². The van der Waals surface area contributed by atoms with Crippen molar-refractivity contribution in [2.75, 3.05) is 6.54 Å². The molecule has 13 heavy (non-hydrogen) atoms. The molecule has 1 aliphatic rings. The SMILES string of the molecule is C=C1C=C(C(=O)O)C(C(=O)O)=NC1. The average Bonchev–Trinajstić information content (AvgIpc) is 2.03. The Morgan fingerprint density at radius 1 is 1.38 bits per heavy atom. The quantitative estimate of drug-likeness (QED) is 0.632. The second-order valence-electron chi connectivity index (χ2n) is 2.49. The van der Waals surface area contributed by atoms with Crippen LogP contribution in [-0.2, 0) is 9.59 Å². The number of aliphatic carboxylic acids is 2. The van der Waals surface area contributed by atoms with Crippen LogP contribution < -0.4 is 0 Å². The highest BCUT2D eigenvalue weighted by atomic mass is 16.4. The van der Waals surface area contributed by atoms with Crippen molar-refractivity contribution in [1.29, 1.82) is 0 Å². The number of nitrogens with zero attached hydrogens (tertiary/aromatic N) is 1. The number of carboxylic acids is 2. The van der Waals surface area contributed by atoms with Gasteiger partial charge in [-0.25, -0.2) is 9.59 Å². The fraction of sp³-hybridized carbons (Fsp3) is 0.125. The molecule has 5 heteroatoms. The minimum Gasteiger partial charge on any atom is -0.478 e. The number of carbonyl (C=O) groups is 2. The molecule has 0 aromatic carbocycles. The Kier molecular flexibility index (Phi) is 2.27. The molecule has 0 unspecified atom stereocenters. The molecule has 5 nitrogen and oxygen atoms in total. The number of hydrogen-bond donors (Lipinski definition) is 2. The highest BCUT2D eigenvalue weighted by Crippen LogP contribution is 2.11. The zero-order valence-corrected chi connectivity index (χ0v) is 6.65. The van der Waals surface area contributed by atoms with Gasteiger partial charge < -0.3 is 10.2 Å². The zero-order valence-electron chi connectivity index (χ0n) is 6.65. The fourth-order valence-electron chi connectivity index (χ4n) is 0.930. The van der Waals surface area contributed by atoms with Gasteiger partial charge in [0.15, 0.2) is 5.71 Å². The van der Waals surface area contributed by atoms with Gasteiger partial charge in [-0.2, -0.15) is 0 Å². The second-order valence-corrected chi connectivity index (χ2v) is 2.49. The molecule has 0 aromatic heterocycles. The summed E-state index contributed by atoms with van der Waals surface area (Å²) in [6, 6.07) is 0. The van der Waals surface area contributed by atoms with E-state index >= 15 is 0 Å². The summed E-state index contributed by atoms with van der Waals surface area (Å²) in [6.07, 6.45) is 1.22. The maximum Gasteiger partial charge on any atom is 0.354 e. The van der Waals surface area contributed by atoms with Gasteiger partial charge >= 0.3 is 11.9 Å². The number of hydrogen-bond acceptors (Lipinski definition) is 3. The molecule has 0 atom stereocenters. The van der Waals surface area contributed by atoms with Crippen LogP contribution >= 0.6 is 0 Å². The van der Waals surface area contributed by atoms with Crippen molar-refractivity contribution in [2.24, 2.45) is 4.99 Å². The van der Waals surface area contributed by atoms with Gasteiger partial charge in [0.25, 0.3) is 0 Å². The third kappa shape index (κ3) is 1.81. The van der Waals surface area contributed by atoms with Gasteiger partial charge in [-0.15, -0.1) is 0 Å². The maximum atomic E-state index is 10.6. The van der Waals surface area contributed by atoms with Crippen LogP contribution in [0.4, 0.5) is 0 Å². The van der Waals surface area contributed by atoms with Crippen LogP contribution in [0.1, 0.15) is 0 Å². The van der Waals surface area contributed by atoms with Crippen LogP contribution in [0.5, 0.6) is 0 Å². The van der Waals surface area contributed by atoms with E-state index in [0.29, 0.717) is 5.57 Å². The topological polar surface area (TPSA) is 87.0 Å². The first kappa shape index (κ1) is 9.18. The number of aliphatic imine (C=N–C) groups is 1. The van der Waals surface area contributed by atoms with E-state index in [1.807, 2.05) is 0 Å². The van der Waals surface area contributed by atoms with Crippen LogP contribution in [0.15, 0.2) is 28.8 Å². The monoisotopic (exact) mass is 181 g/mol. The number of carboxylic acid groups (broad SMARTS) is 2. The van der Waals surface area contributed by atoms with Crippen molar-refractivity contribution in [3.05, 3.63) is 23.8 Å². The van der Waals surface area contributed by atoms with E-state index in [4.69, 9.17) is 10.2 Å². The third-order valence-corrected chi connectivity index (χ3v) is 1.48. The molecule has 68 valence electrons. The largest absolute Gasteiger partial charge is 0.478 e. The van der Waals surface area contributed by atoms with E-state index in [1.165, 1.54) is 6.08 Å².